The van der Waals surface area contributed by atoms with Gasteiger partial charge < -0.3 is 5.32 Å². The van der Waals surface area contributed by atoms with E-state index in [1.807, 2.05) is 54.7 Å². The van der Waals surface area contributed by atoms with Gasteiger partial charge in [0.05, 0.1) is 5.52 Å². The van der Waals surface area contributed by atoms with Crippen molar-refractivity contribution in [2.24, 2.45) is 4.99 Å². The van der Waals surface area contributed by atoms with Crippen LogP contribution in [0.15, 0.2) is 71.4 Å². The van der Waals surface area contributed by atoms with Gasteiger partial charge in [-0.25, -0.2) is 0 Å². The molecular formula is C25H27N5O. The highest BCUT2D eigenvalue weighted by Gasteiger charge is 2.16. The number of H-pyrrole nitrogens is 1. The number of nitrogens with one attached hydrogen (secondary N) is 2. The Labute approximate surface area is 182 Å². The standard InChI is InChI=1S/C25H27N5O/c1-18(14-19(16-26-2)17-30-12-6-7-13-30)20-10-11-23-22(15-20)24(29-28-23)25(31)27-21-8-4-3-5-9-21/h3-5,8-11,14-16H,2,6-7,12-13,17H2,1H3,(H,27,31)(H,28,29)/b18-14+,19-16+. The summed E-state index contributed by atoms with van der Waals surface area (Å²) in [6.07, 6.45) is 6.49. The summed E-state index contributed by atoms with van der Waals surface area (Å²) in [6, 6.07) is 15.4. The highest BCUT2D eigenvalue weighted by Crippen LogP contribution is 2.24. The highest BCUT2D eigenvalue weighted by atomic mass is 16.1. The predicted octanol–water partition coefficient (Wildman–Crippen LogP) is 4.90. The molecule has 1 aliphatic heterocycles. The zero-order chi connectivity index (χ0) is 21.6. The van der Waals surface area contributed by atoms with Gasteiger partial charge in [-0.2, -0.15) is 5.10 Å². The molecule has 0 spiro atoms. The third-order valence-corrected chi connectivity index (χ3v) is 5.53. The van der Waals surface area contributed by atoms with E-state index in [4.69, 9.17) is 0 Å². The van der Waals surface area contributed by atoms with E-state index < -0.39 is 0 Å². The maximum absolute atomic E-state index is 12.8. The van der Waals surface area contributed by atoms with Crippen LogP contribution in [0.3, 0.4) is 0 Å². The van der Waals surface area contributed by atoms with Gasteiger partial charge in [-0.1, -0.05) is 30.3 Å². The average Bonchev–Trinajstić information content (AvgIpc) is 3.43. The predicted molar refractivity (Wildman–Crippen MR) is 127 cm³/mol. The van der Waals surface area contributed by atoms with Crippen molar-refractivity contribution in [3.8, 4) is 0 Å². The van der Waals surface area contributed by atoms with Crippen LogP contribution in [0.2, 0.25) is 0 Å². The van der Waals surface area contributed by atoms with E-state index in [1.165, 1.54) is 12.8 Å². The minimum atomic E-state index is -0.235. The van der Waals surface area contributed by atoms with Crippen LogP contribution in [0.4, 0.5) is 5.69 Å². The number of aromatic amines is 1. The summed E-state index contributed by atoms with van der Waals surface area (Å²) in [7, 11) is 0. The SMILES string of the molecule is C=N/C=C(\C=C(/C)c1ccc2[nH]nc(C(=O)Nc3ccccc3)c2c1)CN1CCCC1. The molecule has 6 nitrogen and oxygen atoms in total. The molecule has 1 aliphatic rings. The van der Waals surface area contributed by atoms with Crippen molar-refractivity contribution in [3.05, 3.63) is 77.6 Å². The van der Waals surface area contributed by atoms with Gasteiger partial charge in [-0.3, -0.25) is 19.8 Å². The number of amides is 1. The maximum Gasteiger partial charge on any atom is 0.276 e. The number of allylic oxidation sites excluding steroid dienone is 1. The van der Waals surface area contributed by atoms with Crippen molar-refractivity contribution in [2.45, 2.75) is 19.8 Å². The monoisotopic (exact) mass is 413 g/mol. The summed E-state index contributed by atoms with van der Waals surface area (Å²) in [5, 5.41) is 10.9. The zero-order valence-electron chi connectivity index (χ0n) is 17.8. The molecule has 1 amide bonds. The summed E-state index contributed by atoms with van der Waals surface area (Å²) in [5.41, 5.74) is 5.23. The fourth-order valence-corrected chi connectivity index (χ4v) is 3.95. The number of hydrogen-bond donors (Lipinski definition) is 2. The Morgan fingerprint density at radius 2 is 2.00 bits per heavy atom. The quantitative estimate of drug-likeness (QED) is 0.427. The molecular weight excluding hydrogens is 386 g/mol. The Hall–Kier alpha value is -3.51. The molecule has 3 aromatic rings. The van der Waals surface area contributed by atoms with Gasteiger partial charge in [0.2, 0.25) is 0 Å². The second kappa shape index (κ2) is 9.53. The first-order chi connectivity index (χ1) is 15.1. The van der Waals surface area contributed by atoms with E-state index in [0.717, 1.165) is 52.9 Å². The maximum atomic E-state index is 12.8. The van der Waals surface area contributed by atoms with Crippen LogP contribution in [0.5, 0.6) is 0 Å². The number of fused-ring (bicyclic) bond motifs is 1. The molecule has 0 radical (unpaired) electrons. The molecule has 1 aromatic heterocycles. The van der Waals surface area contributed by atoms with E-state index in [-0.39, 0.29) is 5.91 Å². The molecule has 31 heavy (non-hydrogen) atoms. The summed E-state index contributed by atoms with van der Waals surface area (Å²) < 4.78 is 0. The molecule has 2 heterocycles. The minimum Gasteiger partial charge on any atom is -0.321 e. The number of anilines is 1. The van der Waals surface area contributed by atoms with Crippen molar-refractivity contribution < 1.29 is 4.79 Å². The van der Waals surface area contributed by atoms with Gasteiger partial charge in [0.15, 0.2) is 5.69 Å². The summed E-state index contributed by atoms with van der Waals surface area (Å²) >= 11 is 0. The second-order valence-corrected chi connectivity index (χ2v) is 7.85. The van der Waals surface area contributed by atoms with Crippen LogP contribution in [-0.4, -0.2) is 47.4 Å². The van der Waals surface area contributed by atoms with E-state index in [9.17, 15) is 4.79 Å². The Kier molecular flexibility index (Phi) is 6.38. The smallest absolute Gasteiger partial charge is 0.276 e. The number of benzene rings is 2. The summed E-state index contributed by atoms with van der Waals surface area (Å²) in [5.74, 6) is -0.235. The summed E-state index contributed by atoms with van der Waals surface area (Å²) in [6.45, 7) is 8.82. The largest absolute Gasteiger partial charge is 0.321 e. The fraction of sp³-hybridized carbons (Fsp3) is 0.240. The summed E-state index contributed by atoms with van der Waals surface area (Å²) in [4.78, 5) is 19.2. The number of rotatable bonds is 7. The van der Waals surface area contributed by atoms with Crippen molar-refractivity contribution in [2.75, 3.05) is 25.0 Å². The molecule has 6 heteroatoms. The lowest BCUT2D eigenvalue weighted by Gasteiger charge is -2.15. The van der Waals surface area contributed by atoms with Gasteiger partial charge in [0.25, 0.3) is 5.91 Å². The van der Waals surface area contributed by atoms with Crippen molar-refractivity contribution in [1.29, 1.82) is 0 Å². The third kappa shape index (κ3) is 4.98. The highest BCUT2D eigenvalue weighted by molar-refractivity contribution is 6.11. The Morgan fingerprint density at radius 1 is 1.23 bits per heavy atom. The minimum absolute atomic E-state index is 0.235. The number of aromatic nitrogens is 2. The van der Waals surface area contributed by atoms with Gasteiger partial charge in [-0.15, -0.1) is 0 Å². The van der Waals surface area contributed by atoms with Gasteiger partial charge in [0, 0.05) is 23.8 Å². The first kappa shape index (κ1) is 20.8. The number of aliphatic imine (C=N–C) groups is 1. The lowest BCUT2D eigenvalue weighted by molar-refractivity contribution is 0.102. The topological polar surface area (TPSA) is 73.4 Å². The Bertz CT molecular complexity index is 1140. The second-order valence-electron chi connectivity index (χ2n) is 7.85. The molecule has 2 N–H and O–H groups in total. The van der Waals surface area contributed by atoms with Crippen molar-refractivity contribution in [3.63, 3.8) is 0 Å². The molecule has 0 atom stereocenters. The third-order valence-electron chi connectivity index (χ3n) is 5.53. The van der Waals surface area contributed by atoms with Crippen LogP contribution < -0.4 is 5.32 Å². The van der Waals surface area contributed by atoms with E-state index in [2.05, 4.69) is 45.1 Å². The van der Waals surface area contributed by atoms with Crippen molar-refractivity contribution in [1.82, 2.24) is 15.1 Å². The van der Waals surface area contributed by atoms with Gasteiger partial charge >= 0.3 is 0 Å². The number of nitrogens with zero attached hydrogens (tertiary/aromatic N) is 3. The molecule has 1 saturated heterocycles. The van der Waals surface area contributed by atoms with Gasteiger partial charge in [0.1, 0.15) is 0 Å². The van der Waals surface area contributed by atoms with E-state index >= 15 is 0 Å². The molecule has 0 bridgehead atoms. The van der Waals surface area contributed by atoms with E-state index in [1.54, 1.807) is 0 Å². The van der Waals surface area contributed by atoms with Crippen LogP contribution in [0.1, 0.15) is 35.8 Å². The van der Waals surface area contributed by atoms with Crippen LogP contribution in [0.25, 0.3) is 16.5 Å². The lowest BCUT2D eigenvalue weighted by Crippen LogP contribution is -2.21. The molecule has 0 unspecified atom stereocenters. The molecule has 0 aliphatic carbocycles. The number of para-hydroxylation sites is 1. The van der Waals surface area contributed by atoms with Crippen LogP contribution in [0, 0.1) is 0 Å². The molecule has 158 valence electrons. The lowest BCUT2D eigenvalue weighted by atomic mass is 10.0. The van der Waals surface area contributed by atoms with Crippen LogP contribution >= 0.6 is 0 Å². The first-order valence-corrected chi connectivity index (χ1v) is 10.5. The molecule has 1 fully saturated rings. The van der Waals surface area contributed by atoms with E-state index in [0.29, 0.717) is 5.69 Å². The normalized spacial score (nSPS) is 15.4. The number of carbonyl (C=O) groups excluding carboxylic acids is 1. The molecule has 2 aromatic carbocycles. The Morgan fingerprint density at radius 3 is 2.74 bits per heavy atom. The number of carbonyl (C=O) groups is 1. The first-order valence-electron chi connectivity index (χ1n) is 10.5. The van der Waals surface area contributed by atoms with Gasteiger partial charge in [-0.05, 0) is 80.5 Å². The molecule has 4 rings (SSSR count). The van der Waals surface area contributed by atoms with Crippen molar-refractivity contribution >= 4 is 34.8 Å². The number of likely N-dealkylation sites (tertiary alicyclic amines) is 1. The average molecular weight is 414 g/mol. The number of hydrogen-bond acceptors (Lipinski definition) is 4. The molecule has 0 saturated carbocycles. The van der Waals surface area contributed by atoms with Crippen LogP contribution in [-0.2, 0) is 0 Å². The zero-order valence-corrected chi connectivity index (χ0v) is 17.8. The Balaban J connectivity index is 1.59. The fourth-order valence-electron chi connectivity index (χ4n) is 3.95.